The summed E-state index contributed by atoms with van der Waals surface area (Å²) in [5, 5.41) is 1.84. The van der Waals surface area contributed by atoms with Gasteiger partial charge in [0.05, 0.1) is 0 Å². The molecule has 0 fully saturated rings. The highest BCUT2D eigenvalue weighted by Gasteiger charge is 2.14. The Bertz CT molecular complexity index is 732. The second-order valence-electron chi connectivity index (χ2n) is 4.44. The number of hydrogen-bond donors (Lipinski definition) is 0. The van der Waals surface area contributed by atoms with Crippen LogP contribution in [-0.4, -0.2) is 11.0 Å². The van der Waals surface area contributed by atoms with Crippen molar-refractivity contribution in [3.05, 3.63) is 64.2 Å². The Morgan fingerprint density at radius 2 is 2.05 bits per heavy atom. The van der Waals surface area contributed by atoms with Gasteiger partial charge in [0.2, 0.25) is 5.89 Å². The predicted octanol–water partition coefficient (Wildman–Crippen LogP) is 4.07. The molecule has 0 bridgehead atoms. The molecule has 0 unspecified atom stereocenters. The smallest absolute Gasteiger partial charge is 0.348 e. The van der Waals surface area contributed by atoms with Crippen molar-refractivity contribution in [1.29, 1.82) is 0 Å². The lowest BCUT2D eigenvalue weighted by molar-refractivity contribution is 0.0473. The quantitative estimate of drug-likeness (QED) is 0.681. The van der Waals surface area contributed by atoms with Crippen LogP contribution in [0.25, 0.3) is 11.5 Å². The molecule has 0 atom stereocenters. The van der Waals surface area contributed by atoms with Crippen LogP contribution in [0, 0.1) is 6.92 Å². The molecule has 0 aliphatic heterocycles. The van der Waals surface area contributed by atoms with Crippen molar-refractivity contribution < 1.29 is 13.9 Å². The Labute approximate surface area is 126 Å². The lowest BCUT2D eigenvalue weighted by Gasteiger charge is -2.00. The fourth-order valence-electron chi connectivity index (χ4n) is 1.87. The molecule has 0 radical (unpaired) electrons. The van der Waals surface area contributed by atoms with Gasteiger partial charge >= 0.3 is 5.97 Å². The zero-order valence-corrected chi connectivity index (χ0v) is 12.2. The minimum atomic E-state index is -0.339. The minimum Gasteiger partial charge on any atom is -0.455 e. The summed E-state index contributed by atoms with van der Waals surface area (Å²) in [4.78, 5) is 16.8. The van der Waals surface area contributed by atoms with Gasteiger partial charge in [0.15, 0.2) is 0 Å². The number of nitrogens with zero attached hydrogens (tertiary/aromatic N) is 1. The Morgan fingerprint density at radius 3 is 2.76 bits per heavy atom. The molecule has 0 saturated carbocycles. The maximum absolute atomic E-state index is 11.8. The third kappa shape index (κ3) is 3.03. The van der Waals surface area contributed by atoms with E-state index in [4.69, 9.17) is 9.15 Å². The molecule has 4 nitrogen and oxygen atoms in total. The van der Waals surface area contributed by atoms with Gasteiger partial charge in [-0.15, -0.1) is 11.3 Å². The number of aromatic nitrogens is 1. The molecule has 0 spiro atoms. The first-order chi connectivity index (χ1) is 10.2. The number of esters is 1. The molecular formula is C16H13NO3S. The summed E-state index contributed by atoms with van der Waals surface area (Å²) in [5.41, 5.74) is 1.54. The second kappa shape index (κ2) is 5.93. The zero-order chi connectivity index (χ0) is 14.7. The van der Waals surface area contributed by atoms with Crippen LogP contribution in [0.2, 0.25) is 0 Å². The van der Waals surface area contributed by atoms with E-state index < -0.39 is 0 Å². The first-order valence-corrected chi connectivity index (χ1v) is 7.34. The molecule has 0 N–H and O–H groups in total. The maximum atomic E-state index is 11.8. The zero-order valence-electron chi connectivity index (χ0n) is 11.4. The van der Waals surface area contributed by atoms with E-state index in [1.165, 1.54) is 11.3 Å². The average Bonchev–Trinajstić information content (AvgIpc) is 3.16. The first-order valence-electron chi connectivity index (χ1n) is 6.46. The van der Waals surface area contributed by atoms with E-state index in [1.807, 2.05) is 48.7 Å². The SMILES string of the molecule is Cc1oc(-c2ccccc2)nc1COC(=O)c1cccs1. The van der Waals surface area contributed by atoms with E-state index in [2.05, 4.69) is 4.98 Å². The number of benzene rings is 1. The summed E-state index contributed by atoms with van der Waals surface area (Å²) in [6, 6.07) is 13.2. The molecule has 0 amide bonds. The van der Waals surface area contributed by atoms with Crippen LogP contribution in [0.1, 0.15) is 21.1 Å². The minimum absolute atomic E-state index is 0.110. The fraction of sp³-hybridized carbons (Fsp3) is 0.125. The van der Waals surface area contributed by atoms with Crippen molar-refractivity contribution in [2.75, 3.05) is 0 Å². The van der Waals surface area contributed by atoms with Crippen LogP contribution < -0.4 is 0 Å². The highest BCUT2D eigenvalue weighted by Crippen LogP contribution is 2.22. The summed E-state index contributed by atoms with van der Waals surface area (Å²) < 4.78 is 10.9. The van der Waals surface area contributed by atoms with Crippen LogP contribution in [0.4, 0.5) is 0 Å². The van der Waals surface area contributed by atoms with Crippen LogP contribution in [-0.2, 0) is 11.3 Å². The van der Waals surface area contributed by atoms with E-state index in [0.29, 0.717) is 22.2 Å². The molecule has 0 saturated heterocycles. The highest BCUT2D eigenvalue weighted by molar-refractivity contribution is 7.11. The van der Waals surface area contributed by atoms with Gasteiger partial charge in [0, 0.05) is 5.56 Å². The van der Waals surface area contributed by atoms with E-state index >= 15 is 0 Å². The summed E-state index contributed by atoms with van der Waals surface area (Å²) in [6.07, 6.45) is 0. The molecule has 0 aliphatic rings. The molecule has 3 aromatic rings. The largest absolute Gasteiger partial charge is 0.455 e. The van der Waals surface area contributed by atoms with Gasteiger partial charge in [-0.05, 0) is 30.5 Å². The molecule has 5 heteroatoms. The van der Waals surface area contributed by atoms with Gasteiger partial charge in [0.1, 0.15) is 22.9 Å². The molecule has 2 heterocycles. The van der Waals surface area contributed by atoms with Crippen LogP contribution in [0.5, 0.6) is 0 Å². The third-order valence-corrected chi connectivity index (χ3v) is 3.83. The van der Waals surface area contributed by atoms with Crippen LogP contribution in [0.3, 0.4) is 0 Å². The molecule has 106 valence electrons. The topological polar surface area (TPSA) is 52.3 Å². The lowest BCUT2D eigenvalue weighted by atomic mass is 10.2. The number of thiophene rings is 1. The van der Waals surface area contributed by atoms with Gasteiger partial charge in [0.25, 0.3) is 0 Å². The van der Waals surface area contributed by atoms with Gasteiger partial charge < -0.3 is 9.15 Å². The van der Waals surface area contributed by atoms with E-state index in [-0.39, 0.29) is 12.6 Å². The molecular weight excluding hydrogens is 286 g/mol. The normalized spacial score (nSPS) is 10.5. The van der Waals surface area contributed by atoms with E-state index in [0.717, 1.165) is 5.56 Å². The highest BCUT2D eigenvalue weighted by atomic mass is 32.1. The maximum Gasteiger partial charge on any atom is 0.348 e. The van der Waals surface area contributed by atoms with Gasteiger partial charge in [-0.25, -0.2) is 9.78 Å². The number of carbonyl (C=O) groups is 1. The van der Waals surface area contributed by atoms with Crippen LogP contribution >= 0.6 is 11.3 Å². The van der Waals surface area contributed by atoms with Gasteiger partial charge in [-0.2, -0.15) is 0 Å². The Kier molecular flexibility index (Phi) is 3.83. The van der Waals surface area contributed by atoms with E-state index in [9.17, 15) is 4.79 Å². The third-order valence-electron chi connectivity index (χ3n) is 2.98. The second-order valence-corrected chi connectivity index (χ2v) is 5.39. The number of rotatable bonds is 4. The number of hydrogen-bond acceptors (Lipinski definition) is 5. The molecule has 0 aliphatic carbocycles. The summed E-state index contributed by atoms with van der Waals surface area (Å²) in [5.74, 6) is 0.858. The molecule has 1 aromatic carbocycles. The number of oxazole rings is 1. The monoisotopic (exact) mass is 299 g/mol. The number of ether oxygens (including phenoxy) is 1. The van der Waals surface area contributed by atoms with Gasteiger partial charge in [-0.3, -0.25) is 0 Å². The number of aryl methyl sites for hydroxylation is 1. The fourth-order valence-corrected chi connectivity index (χ4v) is 2.48. The van der Waals surface area contributed by atoms with Crippen molar-refractivity contribution in [2.45, 2.75) is 13.5 Å². The van der Waals surface area contributed by atoms with Crippen molar-refractivity contribution in [2.24, 2.45) is 0 Å². The van der Waals surface area contributed by atoms with E-state index in [1.54, 1.807) is 6.07 Å². The van der Waals surface area contributed by atoms with Crippen molar-refractivity contribution in [3.63, 3.8) is 0 Å². The van der Waals surface area contributed by atoms with Crippen LogP contribution in [0.15, 0.2) is 52.3 Å². The summed E-state index contributed by atoms with van der Waals surface area (Å²) in [7, 11) is 0. The summed E-state index contributed by atoms with van der Waals surface area (Å²) >= 11 is 1.35. The van der Waals surface area contributed by atoms with Crippen molar-refractivity contribution in [1.82, 2.24) is 4.98 Å². The Balaban J connectivity index is 1.72. The lowest BCUT2D eigenvalue weighted by Crippen LogP contribution is -2.04. The van der Waals surface area contributed by atoms with Crippen molar-refractivity contribution in [3.8, 4) is 11.5 Å². The first kappa shape index (κ1) is 13.6. The predicted molar refractivity (Wildman–Crippen MR) is 80.1 cm³/mol. The molecule has 2 aromatic heterocycles. The standard InChI is InChI=1S/C16H13NO3S/c1-11-13(10-19-16(18)14-8-5-9-21-14)17-15(20-11)12-6-3-2-4-7-12/h2-9H,10H2,1H3. The molecule has 3 rings (SSSR count). The van der Waals surface area contributed by atoms with Gasteiger partial charge in [-0.1, -0.05) is 24.3 Å². The molecule has 21 heavy (non-hydrogen) atoms. The Hall–Kier alpha value is -2.40. The number of carbonyl (C=O) groups excluding carboxylic acids is 1. The van der Waals surface area contributed by atoms with Crippen molar-refractivity contribution >= 4 is 17.3 Å². The summed E-state index contributed by atoms with van der Waals surface area (Å²) in [6.45, 7) is 1.92. The Morgan fingerprint density at radius 1 is 1.24 bits per heavy atom. The average molecular weight is 299 g/mol.